The van der Waals surface area contributed by atoms with E-state index in [2.05, 4.69) is 10.0 Å². The molecule has 92 valence electrons. The Morgan fingerprint density at radius 3 is 2.69 bits per heavy atom. The van der Waals surface area contributed by atoms with Crippen molar-refractivity contribution < 1.29 is 8.42 Å². The smallest absolute Gasteiger partial charge is 0.241 e. The van der Waals surface area contributed by atoms with Crippen LogP contribution in [0.3, 0.4) is 0 Å². The predicted octanol–water partition coefficient (Wildman–Crippen LogP) is 1.46. The Kier molecular flexibility index (Phi) is 4.91. The van der Waals surface area contributed by atoms with Crippen LogP contribution >= 0.6 is 11.3 Å². The quantitative estimate of drug-likeness (QED) is 0.816. The molecule has 1 aromatic rings. The van der Waals surface area contributed by atoms with Crippen LogP contribution in [0, 0.1) is 6.92 Å². The van der Waals surface area contributed by atoms with Gasteiger partial charge in [0.15, 0.2) is 0 Å². The third-order valence-electron chi connectivity index (χ3n) is 2.11. The van der Waals surface area contributed by atoms with Gasteiger partial charge < -0.3 is 5.32 Å². The molecule has 0 saturated heterocycles. The van der Waals surface area contributed by atoms with Gasteiger partial charge in [-0.1, -0.05) is 6.92 Å². The number of thiophene rings is 1. The maximum Gasteiger partial charge on any atom is 0.241 e. The highest BCUT2D eigenvalue weighted by atomic mass is 32.2. The van der Waals surface area contributed by atoms with Gasteiger partial charge in [0, 0.05) is 22.8 Å². The number of hydrogen-bond acceptors (Lipinski definition) is 4. The maximum absolute atomic E-state index is 11.9. The van der Waals surface area contributed by atoms with E-state index in [1.54, 1.807) is 6.07 Å². The monoisotopic (exact) mass is 262 g/mol. The summed E-state index contributed by atoms with van der Waals surface area (Å²) in [6.45, 7) is 4.97. The van der Waals surface area contributed by atoms with Gasteiger partial charge in [0.25, 0.3) is 0 Å². The van der Waals surface area contributed by atoms with E-state index < -0.39 is 10.0 Å². The Morgan fingerprint density at radius 1 is 1.44 bits per heavy atom. The molecular weight excluding hydrogens is 244 g/mol. The molecule has 1 heterocycles. The lowest BCUT2D eigenvalue weighted by molar-refractivity contribution is 0.580. The van der Waals surface area contributed by atoms with Gasteiger partial charge in [-0.15, -0.1) is 11.3 Å². The molecular formula is C10H18N2O2S2. The van der Waals surface area contributed by atoms with E-state index in [1.165, 1.54) is 11.3 Å². The van der Waals surface area contributed by atoms with Crippen LogP contribution in [0.1, 0.15) is 23.1 Å². The van der Waals surface area contributed by atoms with Crippen molar-refractivity contribution in [3.8, 4) is 0 Å². The zero-order valence-electron chi connectivity index (χ0n) is 9.83. The minimum absolute atomic E-state index is 0.413. The molecule has 0 amide bonds. The number of sulfonamides is 1. The Labute approximate surface area is 101 Å². The molecule has 0 atom stereocenters. The molecule has 0 bridgehead atoms. The average Bonchev–Trinajstić information content (AvgIpc) is 2.58. The van der Waals surface area contributed by atoms with Gasteiger partial charge in [-0.3, -0.25) is 0 Å². The van der Waals surface area contributed by atoms with Gasteiger partial charge in [-0.2, -0.15) is 0 Å². The Bertz CT molecular complexity index is 438. The van der Waals surface area contributed by atoms with Gasteiger partial charge in [-0.05, 0) is 26.5 Å². The Morgan fingerprint density at radius 2 is 2.12 bits per heavy atom. The lowest BCUT2D eigenvalue weighted by atomic mass is 10.4. The number of nitrogens with one attached hydrogen (secondary N) is 2. The van der Waals surface area contributed by atoms with Crippen molar-refractivity contribution in [2.75, 3.05) is 13.6 Å². The minimum atomic E-state index is -3.32. The molecule has 4 nitrogen and oxygen atoms in total. The van der Waals surface area contributed by atoms with E-state index in [0.29, 0.717) is 18.0 Å². The fourth-order valence-electron chi connectivity index (χ4n) is 1.37. The molecule has 0 aliphatic heterocycles. The summed E-state index contributed by atoms with van der Waals surface area (Å²) < 4.78 is 26.4. The molecule has 0 fully saturated rings. The van der Waals surface area contributed by atoms with E-state index in [-0.39, 0.29) is 0 Å². The maximum atomic E-state index is 11.9. The summed E-state index contributed by atoms with van der Waals surface area (Å²) in [5.74, 6) is 0. The fraction of sp³-hybridized carbons (Fsp3) is 0.600. The first-order valence-electron chi connectivity index (χ1n) is 5.24. The normalized spacial score (nSPS) is 11.9. The van der Waals surface area contributed by atoms with Crippen molar-refractivity contribution in [1.82, 2.24) is 10.0 Å². The van der Waals surface area contributed by atoms with Gasteiger partial charge in [0.2, 0.25) is 10.0 Å². The van der Waals surface area contributed by atoms with E-state index in [0.717, 1.165) is 16.2 Å². The van der Waals surface area contributed by atoms with E-state index >= 15 is 0 Å². The predicted molar refractivity (Wildman–Crippen MR) is 67.3 cm³/mol. The summed E-state index contributed by atoms with van der Waals surface area (Å²) in [5, 5.41) is 3.01. The van der Waals surface area contributed by atoms with Crippen LogP contribution in [0.25, 0.3) is 0 Å². The van der Waals surface area contributed by atoms with Crippen LogP contribution in [0.2, 0.25) is 0 Å². The highest BCUT2D eigenvalue weighted by molar-refractivity contribution is 7.89. The zero-order valence-corrected chi connectivity index (χ0v) is 11.5. The van der Waals surface area contributed by atoms with Crippen LogP contribution in [0.5, 0.6) is 0 Å². The van der Waals surface area contributed by atoms with Crippen molar-refractivity contribution in [1.29, 1.82) is 0 Å². The molecule has 0 saturated carbocycles. The first-order chi connectivity index (χ1) is 7.51. The van der Waals surface area contributed by atoms with Gasteiger partial charge in [0.1, 0.15) is 0 Å². The van der Waals surface area contributed by atoms with Crippen molar-refractivity contribution in [3.63, 3.8) is 0 Å². The lowest BCUT2D eigenvalue weighted by Crippen LogP contribution is -2.24. The fourth-order valence-corrected chi connectivity index (χ4v) is 4.15. The summed E-state index contributed by atoms with van der Waals surface area (Å²) in [6.07, 6.45) is 0.797. The Balaban J connectivity index is 2.94. The summed E-state index contributed by atoms with van der Waals surface area (Å²) in [7, 11) is -1.47. The summed E-state index contributed by atoms with van der Waals surface area (Å²) in [5.41, 5.74) is 0. The van der Waals surface area contributed by atoms with Crippen molar-refractivity contribution in [3.05, 3.63) is 15.8 Å². The molecule has 2 N–H and O–H groups in total. The van der Waals surface area contributed by atoms with E-state index in [9.17, 15) is 8.42 Å². The first kappa shape index (κ1) is 13.6. The Hall–Kier alpha value is -0.430. The van der Waals surface area contributed by atoms with Gasteiger partial charge in [0.05, 0.1) is 4.90 Å². The van der Waals surface area contributed by atoms with Crippen molar-refractivity contribution in [2.24, 2.45) is 0 Å². The van der Waals surface area contributed by atoms with Crippen LogP contribution < -0.4 is 10.0 Å². The number of aryl methyl sites for hydroxylation is 1. The SMILES string of the molecule is CCCNS(=O)(=O)c1cc(CNC)sc1C. The summed E-state index contributed by atoms with van der Waals surface area (Å²) in [4.78, 5) is 2.29. The standard InChI is InChI=1S/C10H18N2O2S2/c1-4-5-12-16(13,14)10-6-9(7-11-3)15-8(10)2/h6,11-12H,4-5,7H2,1-3H3. The van der Waals surface area contributed by atoms with E-state index in [4.69, 9.17) is 0 Å². The number of hydrogen-bond donors (Lipinski definition) is 2. The summed E-state index contributed by atoms with van der Waals surface area (Å²) in [6, 6.07) is 1.74. The second-order valence-corrected chi connectivity index (χ2v) is 6.64. The third kappa shape index (κ3) is 3.28. The van der Waals surface area contributed by atoms with Crippen molar-refractivity contribution >= 4 is 21.4 Å². The van der Waals surface area contributed by atoms with Crippen LogP contribution in [-0.4, -0.2) is 22.0 Å². The molecule has 1 aromatic heterocycles. The molecule has 6 heteroatoms. The average molecular weight is 262 g/mol. The van der Waals surface area contributed by atoms with Gasteiger partial charge >= 0.3 is 0 Å². The molecule has 1 rings (SSSR count). The minimum Gasteiger partial charge on any atom is -0.315 e. The molecule has 0 aromatic carbocycles. The van der Waals surface area contributed by atoms with Crippen LogP contribution in [0.4, 0.5) is 0 Å². The van der Waals surface area contributed by atoms with Crippen LogP contribution in [0.15, 0.2) is 11.0 Å². The largest absolute Gasteiger partial charge is 0.315 e. The second kappa shape index (κ2) is 5.77. The third-order valence-corrected chi connectivity index (χ3v) is 4.87. The molecule has 0 aliphatic rings. The van der Waals surface area contributed by atoms with Crippen molar-refractivity contribution in [2.45, 2.75) is 31.7 Å². The molecule has 0 spiro atoms. The molecule has 0 radical (unpaired) electrons. The lowest BCUT2D eigenvalue weighted by Gasteiger charge is -2.03. The molecule has 0 aliphatic carbocycles. The molecule has 16 heavy (non-hydrogen) atoms. The number of rotatable bonds is 6. The second-order valence-electron chi connectivity index (χ2n) is 3.56. The highest BCUT2D eigenvalue weighted by Gasteiger charge is 2.18. The highest BCUT2D eigenvalue weighted by Crippen LogP contribution is 2.25. The first-order valence-corrected chi connectivity index (χ1v) is 7.54. The molecule has 0 unspecified atom stereocenters. The van der Waals surface area contributed by atoms with E-state index in [1.807, 2.05) is 20.9 Å². The summed E-state index contributed by atoms with van der Waals surface area (Å²) >= 11 is 1.52. The van der Waals surface area contributed by atoms with Crippen LogP contribution in [-0.2, 0) is 16.6 Å². The van der Waals surface area contributed by atoms with Gasteiger partial charge in [-0.25, -0.2) is 13.1 Å². The topological polar surface area (TPSA) is 58.2 Å². The zero-order chi connectivity index (χ0) is 12.2.